The Morgan fingerprint density at radius 1 is 1.31 bits per heavy atom. The minimum absolute atomic E-state index is 0.0709. The van der Waals surface area contributed by atoms with Crippen LogP contribution in [0.25, 0.3) is 0 Å². The van der Waals surface area contributed by atoms with Crippen molar-refractivity contribution in [3.63, 3.8) is 0 Å². The van der Waals surface area contributed by atoms with Crippen molar-refractivity contribution in [1.29, 1.82) is 0 Å². The molecule has 7 nitrogen and oxygen atoms in total. The number of nitrogens with one attached hydrogen (secondary N) is 1. The minimum atomic E-state index is -1.07. The Balaban J connectivity index is 1.64. The van der Waals surface area contributed by atoms with Gasteiger partial charge in [0.05, 0.1) is 12.4 Å². The van der Waals surface area contributed by atoms with Gasteiger partial charge in [-0.2, -0.15) is 0 Å². The fraction of sp³-hybridized carbons (Fsp3) is 0.278. The van der Waals surface area contributed by atoms with Gasteiger partial charge in [-0.15, -0.1) is 11.8 Å². The molecule has 1 aliphatic heterocycles. The van der Waals surface area contributed by atoms with Crippen LogP contribution in [0.4, 0.5) is 0 Å². The molecule has 3 rings (SSSR count). The average Bonchev–Trinajstić information content (AvgIpc) is 3.26. The number of carbonyl (C=O) groups excluding carboxylic acids is 2. The van der Waals surface area contributed by atoms with Crippen molar-refractivity contribution < 1.29 is 23.9 Å². The van der Waals surface area contributed by atoms with Gasteiger partial charge >= 0.3 is 5.97 Å². The Morgan fingerprint density at radius 3 is 2.69 bits per heavy atom. The number of rotatable bonds is 5. The van der Waals surface area contributed by atoms with Gasteiger partial charge in [0.2, 0.25) is 5.91 Å². The summed E-state index contributed by atoms with van der Waals surface area (Å²) in [7, 11) is 0. The van der Waals surface area contributed by atoms with Crippen molar-refractivity contribution >= 4 is 29.5 Å². The number of aryl methyl sites for hydroxylation is 1. The van der Waals surface area contributed by atoms with Crippen molar-refractivity contribution in [2.24, 2.45) is 0 Å². The predicted octanol–water partition coefficient (Wildman–Crippen LogP) is 2.12. The van der Waals surface area contributed by atoms with E-state index >= 15 is 0 Å². The number of benzene rings is 1. The van der Waals surface area contributed by atoms with Gasteiger partial charge in [-0.05, 0) is 25.1 Å². The molecule has 1 aromatic heterocycles. The standard InChI is InChI=1S/C18H18N2O5S/c1-11-14(18(23)24)7-13(25-11)8-19-16(21)15-9-26-10-20(15)17(22)12-5-3-2-4-6-12/h2-7,15H,8-10H2,1H3,(H,19,21)(H,23,24). The Labute approximate surface area is 154 Å². The molecule has 136 valence electrons. The first-order chi connectivity index (χ1) is 12.5. The SMILES string of the molecule is Cc1oc(CNC(=O)C2CSCN2C(=O)c2ccccc2)cc1C(=O)O. The van der Waals surface area contributed by atoms with E-state index in [1.807, 2.05) is 6.07 Å². The highest BCUT2D eigenvalue weighted by molar-refractivity contribution is 7.99. The molecule has 8 heteroatoms. The summed E-state index contributed by atoms with van der Waals surface area (Å²) < 4.78 is 5.35. The molecule has 1 fully saturated rings. The number of carboxylic acid groups (broad SMARTS) is 1. The zero-order chi connectivity index (χ0) is 18.7. The van der Waals surface area contributed by atoms with Crippen LogP contribution in [0.15, 0.2) is 40.8 Å². The number of hydrogen-bond donors (Lipinski definition) is 2. The number of carboxylic acids is 1. The smallest absolute Gasteiger partial charge is 0.339 e. The average molecular weight is 374 g/mol. The lowest BCUT2D eigenvalue weighted by Crippen LogP contribution is -2.47. The van der Waals surface area contributed by atoms with Crippen LogP contribution in [0.1, 0.15) is 32.2 Å². The Bertz CT molecular complexity index is 833. The lowest BCUT2D eigenvalue weighted by Gasteiger charge is -2.23. The zero-order valence-corrected chi connectivity index (χ0v) is 14.9. The highest BCUT2D eigenvalue weighted by atomic mass is 32.2. The number of thioether (sulfide) groups is 1. The molecule has 1 aliphatic rings. The normalized spacial score (nSPS) is 16.5. The summed E-state index contributed by atoms with van der Waals surface area (Å²) in [4.78, 5) is 37.7. The number of aromatic carboxylic acids is 1. The van der Waals surface area contributed by atoms with Crippen molar-refractivity contribution in [1.82, 2.24) is 10.2 Å². The number of hydrogen-bond acceptors (Lipinski definition) is 5. The molecule has 2 heterocycles. The fourth-order valence-electron chi connectivity index (χ4n) is 2.74. The van der Waals surface area contributed by atoms with Crippen LogP contribution in [0.3, 0.4) is 0 Å². The minimum Gasteiger partial charge on any atom is -0.478 e. The van der Waals surface area contributed by atoms with Gasteiger partial charge in [0.1, 0.15) is 23.1 Å². The first-order valence-corrected chi connectivity index (χ1v) is 9.17. The summed E-state index contributed by atoms with van der Waals surface area (Å²) >= 11 is 1.52. The Morgan fingerprint density at radius 2 is 2.04 bits per heavy atom. The number of carbonyl (C=O) groups is 3. The molecule has 0 saturated carbocycles. The largest absolute Gasteiger partial charge is 0.478 e. The maximum Gasteiger partial charge on any atom is 0.339 e. The maximum atomic E-state index is 12.6. The van der Waals surface area contributed by atoms with E-state index in [1.165, 1.54) is 17.8 Å². The van der Waals surface area contributed by atoms with E-state index in [0.29, 0.717) is 28.7 Å². The van der Waals surface area contributed by atoms with Crippen LogP contribution in [0.5, 0.6) is 0 Å². The maximum absolute atomic E-state index is 12.6. The Hall–Kier alpha value is -2.74. The predicted molar refractivity (Wildman–Crippen MR) is 96.0 cm³/mol. The molecular formula is C18H18N2O5S. The first-order valence-electron chi connectivity index (χ1n) is 8.01. The van der Waals surface area contributed by atoms with Crippen molar-refractivity contribution in [3.8, 4) is 0 Å². The molecule has 1 unspecified atom stereocenters. The third-order valence-corrected chi connectivity index (χ3v) is 5.11. The Kier molecular flexibility index (Phi) is 5.32. The van der Waals surface area contributed by atoms with Crippen molar-refractivity contribution in [2.75, 3.05) is 11.6 Å². The molecule has 1 atom stereocenters. The summed E-state index contributed by atoms with van der Waals surface area (Å²) in [6.07, 6.45) is 0. The van der Waals surface area contributed by atoms with Crippen LogP contribution < -0.4 is 5.32 Å². The third-order valence-electron chi connectivity index (χ3n) is 4.10. The van der Waals surface area contributed by atoms with E-state index in [1.54, 1.807) is 36.1 Å². The molecule has 0 radical (unpaired) electrons. The van der Waals surface area contributed by atoms with Gasteiger partial charge in [0.15, 0.2) is 0 Å². The summed E-state index contributed by atoms with van der Waals surface area (Å²) in [5.41, 5.74) is 0.618. The summed E-state index contributed by atoms with van der Waals surface area (Å²) in [6, 6.07) is 9.67. The summed E-state index contributed by atoms with van der Waals surface area (Å²) in [5.74, 6) is 0.0779. The van der Waals surface area contributed by atoms with E-state index in [4.69, 9.17) is 9.52 Å². The van der Waals surface area contributed by atoms with Crippen LogP contribution in [-0.4, -0.2) is 45.5 Å². The van der Waals surface area contributed by atoms with Gasteiger partial charge in [-0.1, -0.05) is 18.2 Å². The van der Waals surface area contributed by atoms with Crippen LogP contribution in [0, 0.1) is 6.92 Å². The highest BCUT2D eigenvalue weighted by Crippen LogP contribution is 2.23. The van der Waals surface area contributed by atoms with Gasteiger partial charge in [-0.25, -0.2) is 4.79 Å². The summed E-state index contributed by atoms with van der Waals surface area (Å²) in [5, 5.41) is 11.8. The second kappa shape index (κ2) is 7.65. The quantitative estimate of drug-likeness (QED) is 0.832. The number of furan rings is 1. The van der Waals surface area contributed by atoms with Crippen molar-refractivity contribution in [3.05, 3.63) is 59.0 Å². The molecule has 2 amide bonds. The molecule has 1 aromatic carbocycles. The molecule has 1 saturated heterocycles. The molecule has 2 aromatic rings. The molecular weight excluding hydrogens is 356 g/mol. The van der Waals surface area contributed by atoms with Crippen LogP contribution in [-0.2, 0) is 11.3 Å². The number of nitrogens with zero attached hydrogens (tertiary/aromatic N) is 1. The molecule has 0 spiro atoms. The number of amides is 2. The van der Waals surface area contributed by atoms with Crippen LogP contribution >= 0.6 is 11.8 Å². The van der Waals surface area contributed by atoms with Gasteiger partial charge in [0, 0.05) is 11.3 Å². The second-order valence-corrected chi connectivity index (χ2v) is 6.86. The highest BCUT2D eigenvalue weighted by Gasteiger charge is 2.35. The molecule has 2 N–H and O–H groups in total. The molecule has 0 bridgehead atoms. The lowest BCUT2D eigenvalue weighted by atomic mass is 10.1. The molecule has 0 aliphatic carbocycles. The van der Waals surface area contributed by atoms with E-state index in [0.717, 1.165) is 0 Å². The van der Waals surface area contributed by atoms with Gasteiger partial charge < -0.3 is 19.7 Å². The third kappa shape index (κ3) is 3.75. The van der Waals surface area contributed by atoms with Gasteiger partial charge in [0.25, 0.3) is 5.91 Å². The van der Waals surface area contributed by atoms with E-state index in [9.17, 15) is 14.4 Å². The first kappa shape index (κ1) is 18.1. The second-order valence-electron chi connectivity index (χ2n) is 5.86. The monoisotopic (exact) mass is 374 g/mol. The topological polar surface area (TPSA) is 99.9 Å². The van der Waals surface area contributed by atoms with E-state index in [2.05, 4.69) is 5.32 Å². The van der Waals surface area contributed by atoms with Crippen molar-refractivity contribution in [2.45, 2.75) is 19.5 Å². The zero-order valence-electron chi connectivity index (χ0n) is 14.1. The molecule has 26 heavy (non-hydrogen) atoms. The summed E-state index contributed by atoms with van der Waals surface area (Å²) in [6.45, 7) is 1.63. The van der Waals surface area contributed by atoms with Gasteiger partial charge in [-0.3, -0.25) is 9.59 Å². The van der Waals surface area contributed by atoms with E-state index in [-0.39, 0.29) is 23.9 Å². The fourth-order valence-corrected chi connectivity index (χ4v) is 3.90. The van der Waals surface area contributed by atoms with E-state index < -0.39 is 12.0 Å². The van der Waals surface area contributed by atoms with Crippen LogP contribution in [0.2, 0.25) is 0 Å². The lowest BCUT2D eigenvalue weighted by molar-refractivity contribution is -0.124.